The van der Waals surface area contributed by atoms with Gasteiger partial charge in [-0.25, -0.2) is 9.97 Å². The van der Waals surface area contributed by atoms with Gasteiger partial charge in [0.25, 0.3) is 5.91 Å². The van der Waals surface area contributed by atoms with E-state index in [0.717, 1.165) is 12.8 Å². The molecular weight excluding hydrogens is 360 g/mol. The molecule has 0 radical (unpaired) electrons. The van der Waals surface area contributed by atoms with Gasteiger partial charge in [0, 0.05) is 43.4 Å². The summed E-state index contributed by atoms with van der Waals surface area (Å²) in [6, 6.07) is 8.39. The SMILES string of the molecule is CC(=O)c1cccc(NC(=O)c2ccnc(N3CCC4(CC3)OCCO4)n2)c1. The Kier molecular flexibility index (Phi) is 5.06. The Balaban J connectivity index is 1.44. The van der Waals surface area contributed by atoms with E-state index < -0.39 is 5.79 Å². The Morgan fingerprint density at radius 3 is 2.61 bits per heavy atom. The summed E-state index contributed by atoms with van der Waals surface area (Å²) in [5.74, 6) is -0.357. The minimum atomic E-state index is -0.465. The molecule has 8 heteroatoms. The van der Waals surface area contributed by atoms with Crippen molar-refractivity contribution >= 4 is 23.3 Å². The monoisotopic (exact) mass is 382 g/mol. The van der Waals surface area contributed by atoms with Gasteiger partial charge < -0.3 is 19.7 Å². The van der Waals surface area contributed by atoms with E-state index >= 15 is 0 Å². The van der Waals surface area contributed by atoms with Crippen molar-refractivity contribution in [2.24, 2.45) is 0 Å². The molecule has 1 amide bonds. The van der Waals surface area contributed by atoms with Crippen LogP contribution in [0.1, 0.15) is 40.6 Å². The summed E-state index contributed by atoms with van der Waals surface area (Å²) in [5, 5.41) is 2.78. The Labute approximate surface area is 162 Å². The van der Waals surface area contributed by atoms with Crippen molar-refractivity contribution in [3.63, 3.8) is 0 Å². The highest BCUT2D eigenvalue weighted by molar-refractivity contribution is 6.04. The van der Waals surface area contributed by atoms with Crippen LogP contribution < -0.4 is 10.2 Å². The molecule has 0 atom stereocenters. The summed E-state index contributed by atoms with van der Waals surface area (Å²) < 4.78 is 11.5. The molecule has 3 heterocycles. The predicted molar refractivity (Wildman–Crippen MR) is 103 cm³/mol. The topological polar surface area (TPSA) is 93.7 Å². The number of piperidine rings is 1. The standard InChI is InChI=1S/C20H22N4O4/c1-14(25)15-3-2-4-16(13-15)22-18(26)17-5-8-21-19(23-17)24-9-6-20(7-10-24)27-11-12-28-20/h2-5,8,13H,6-7,9-12H2,1H3,(H,22,26). The van der Waals surface area contributed by atoms with Gasteiger partial charge in [-0.2, -0.15) is 0 Å². The molecule has 2 aromatic rings. The molecule has 2 aliphatic rings. The number of carbonyl (C=O) groups excluding carboxylic acids is 2. The molecule has 0 bridgehead atoms. The van der Waals surface area contributed by atoms with Crippen LogP contribution in [0.25, 0.3) is 0 Å². The number of rotatable bonds is 4. The van der Waals surface area contributed by atoms with Gasteiger partial charge in [-0.3, -0.25) is 9.59 Å². The lowest BCUT2D eigenvalue weighted by molar-refractivity contribution is -0.169. The van der Waals surface area contributed by atoms with Crippen LogP contribution in [0.2, 0.25) is 0 Å². The van der Waals surface area contributed by atoms with Gasteiger partial charge >= 0.3 is 0 Å². The molecule has 0 unspecified atom stereocenters. The van der Waals surface area contributed by atoms with Crippen molar-refractivity contribution in [3.05, 3.63) is 47.8 Å². The number of carbonyl (C=O) groups is 2. The van der Waals surface area contributed by atoms with Crippen LogP contribution in [0.3, 0.4) is 0 Å². The molecule has 1 aromatic carbocycles. The maximum Gasteiger partial charge on any atom is 0.274 e. The van der Waals surface area contributed by atoms with Gasteiger partial charge in [-0.1, -0.05) is 12.1 Å². The van der Waals surface area contributed by atoms with Gasteiger partial charge in [0.1, 0.15) is 5.69 Å². The molecular formula is C20H22N4O4. The van der Waals surface area contributed by atoms with Crippen LogP contribution in [0.5, 0.6) is 0 Å². The van der Waals surface area contributed by atoms with Crippen molar-refractivity contribution in [1.29, 1.82) is 0 Å². The first-order valence-corrected chi connectivity index (χ1v) is 9.33. The van der Waals surface area contributed by atoms with Crippen LogP contribution in [-0.2, 0) is 9.47 Å². The molecule has 8 nitrogen and oxygen atoms in total. The highest BCUT2D eigenvalue weighted by Crippen LogP contribution is 2.32. The number of nitrogens with one attached hydrogen (secondary N) is 1. The summed E-state index contributed by atoms with van der Waals surface area (Å²) >= 11 is 0. The molecule has 1 N–H and O–H groups in total. The van der Waals surface area contributed by atoms with Crippen molar-refractivity contribution in [2.45, 2.75) is 25.6 Å². The molecule has 1 aromatic heterocycles. The second kappa shape index (κ2) is 7.65. The van der Waals surface area contributed by atoms with Gasteiger partial charge in [0.2, 0.25) is 5.95 Å². The quantitative estimate of drug-likeness (QED) is 0.811. The minimum absolute atomic E-state index is 0.0569. The predicted octanol–water partition coefficient (Wildman–Crippen LogP) is 2.27. The molecule has 146 valence electrons. The third-order valence-electron chi connectivity index (χ3n) is 5.02. The Hall–Kier alpha value is -2.84. The van der Waals surface area contributed by atoms with E-state index in [1.807, 2.05) is 4.90 Å². The van der Waals surface area contributed by atoms with E-state index in [2.05, 4.69) is 15.3 Å². The summed E-state index contributed by atoms with van der Waals surface area (Å²) in [6.07, 6.45) is 3.06. The number of anilines is 2. The van der Waals surface area contributed by atoms with Crippen LogP contribution in [-0.4, -0.2) is 53.7 Å². The van der Waals surface area contributed by atoms with Gasteiger partial charge in [0.15, 0.2) is 11.6 Å². The van der Waals surface area contributed by atoms with E-state index in [-0.39, 0.29) is 17.4 Å². The molecule has 2 fully saturated rings. The third-order valence-corrected chi connectivity index (χ3v) is 5.02. The lowest BCUT2D eigenvalue weighted by Crippen LogP contribution is -2.45. The molecule has 2 aliphatic heterocycles. The van der Waals surface area contributed by atoms with E-state index in [1.54, 1.807) is 36.5 Å². The highest BCUT2D eigenvalue weighted by atomic mass is 16.7. The van der Waals surface area contributed by atoms with Crippen molar-refractivity contribution in [1.82, 2.24) is 9.97 Å². The lowest BCUT2D eigenvalue weighted by Gasteiger charge is -2.37. The van der Waals surface area contributed by atoms with Crippen LogP contribution in [0, 0.1) is 0 Å². The van der Waals surface area contributed by atoms with E-state index in [4.69, 9.17) is 9.47 Å². The molecule has 28 heavy (non-hydrogen) atoms. The average Bonchev–Trinajstić information content (AvgIpc) is 3.17. The number of nitrogens with zero attached hydrogens (tertiary/aromatic N) is 3. The second-order valence-electron chi connectivity index (χ2n) is 6.93. The Morgan fingerprint density at radius 1 is 1.14 bits per heavy atom. The first-order chi connectivity index (χ1) is 13.5. The number of amides is 1. The zero-order valence-electron chi connectivity index (χ0n) is 15.7. The normalized spacial score (nSPS) is 18.2. The number of ether oxygens (including phenoxy) is 2. The molecule has 1 spiro atoms. The number of hydrogen-bond acceptors (Lipinski definition) is 7. The number of Topliss-reactive ketones (excluding diaryl/α,β-unsaturated/α-hetero) is 1. The largest absolute Gasteiger partial charge is 0.347 e. The highest BCUT2D eigenvalue weighted by Gasteiger charge is 2.40. The maximum atomic E-state index is 12.6. The van der Waals surface area contributed by atoms with Gasteiger partial charge in [-0.15, -0.1) is 0 Å². The lowest BCUT2D eigenvalue weighted by atomic mass is 10.0. The summed E-state index contributed by atoms with van der Waals surface area (Å²) in [4.78, 5) is 34.9. The van der Waals surface area contributed by atoms with Crippen molar-refractivity contribution in [3.8, 4) is 0 Å². The van der Waals surface area contributed by atoms with E-state index in [9.17, 15) is 9.59 Å². The zero-order chi connectivity index (χ0) is 19.6. The fraction of sp³-hybridized carbons (Fsp3) is 0.400. The van der Waals surface area contributed by atoms with Crippen molar-refractivity contribution < 1.29 is 19.1 Å². The van der Waals surface area contributed by atoms with E-state index in [0.29, 0.717) is 43.5 Å². The smallest absolute Gasteiger partial charge is 0.274 e. The number of hydrogen-bond donors (Lipinski definition) is 1. The van der Waals surface area contributed by atoms with Crippen LogP contribution in [0.15, 0.2) is 36.5 Å². The van der Waals surface area contributed by atoms with Gasteiger partial charge in [0.05, 0.1) is 13.2 Å². The average molecular weight is 382 g/mol. The number of benzene rings is 1. The molecule has 4 rings (SSSR count). The van der Waals surface area contributed by atoms with Gasteiger partial charge in [-0.05, 0) is 25.1 Å². The fourth-order valence-electron chi connectivity index (χ4n) is 3.47. The summed E-state index contributed by atoms with van der Waals surface area (Å²) in [5.41, 5.74) is 1.36. The Morgan fingerprint density at radius 2 is 1.89 bits per heavy atom. The second-order valence-corrected chi connectivity index (χ2v) is 6.93. The van der Waals surface area contributed by atoms with E-state index in [1.165, 1.54) is 6.92 Å². The molecule has 2 saturated heterocycles. The number of ketones is 1. The third kappa shape index (κ3) is 3.88. The van der Waals surface area contributed by atoms with Crippen LogP contribution >= 0.6 is 0 Å². The maximum absolute atomic E-state index is 12.6. The summed E-state index contributed by atoms with van der Waals surface area (Å²) in [6.45, 7) is 4.16. The van der Waals surface area contributed by atoms with Crippen LogP contribution in [0.4, 0.5) is 11.6 Å². The fourth-order valence-corrected chi connectivity index (χ4v) is 3.47. The summed E-state index contributed by atoms with van der Waals surface area (Å²) in [7, 11) is 0. The first kappa shape index (κ1) is 18.5. The first-order valence-electron chi connectivity index (χ1n) is 9.33. The Bertz CT molecular complexity index is 885. The molecule has 0 aliphatic carbocycles. The number of aromatic nitrogens is 2. The van der Waals surface area contributed by atoms with Crippen molar-refractivity contribution in [2.75, 3.05) is 36.5 Å². The zero-order valence-corrected chi connectivity index (χ0v) is 15.7. The molecule has 0 saturated carbocycles. The minimum Gasteiger partial charge on any atom is -0.347 e.